The fraction of sp³-hybridized carbons (Fsp3) is 0.900. The molecule has 4 nitrogen and oxygen atoms in total. The van der Waals surface area contributed by atoms with Crippen LogP contribution in [0.1, 0.15) is 20.3 Å². The Balaban J connectivity index is 0.00000196. The quantitative estimate of drug-likeness (QED) is 0.780. The first-order valence-electron chi connectivity index (χ1n) is 5.40. The number of carbonyl (C=O) groups is 1. The molecule has 1 amide bonds. The van der Waals surface area contributed by atoms with E-state index in [0.717, 1.165) is 26.1 Å². The van der Waals surface area contributed by atoms with Gasteiger partial charge in [0.2, 0.25) is 0 Å². The van der Waals surface area contributed by atoms with Crippen LogP contribution in [0.2, 0.25) is 0 Å². The first-order chi connectivity index (χ1) is 6.79. The van der Waals surface area contributed by atoms with Gasteiger partial charge in [0.15, 0.2) is 0 Å². The van der Waals surface area contributed by atoms with Gasteiger partial charge in [-0.05, 0) is 13.3 Å². The lowest BCUT2D eigenvalue weighted by Crippen LogP contribution is -2.49. The van der Waals surface area contributed by atoms with E-state index >= 15 is 0 Å². The number of hydrogen-bond acceptors (Lipinski definition) is 3. The summed E-state index contributed by atoms with van der Waals surface area (Å²) in [5.74, 6) is 0.126. The molecule has 1 rings (SSSR count). The number of amides is 1. The maximum atomic E-state index is 11.9. The monoisotopic (exact) mass is 236 g/mol. The van der Waals surface area contributed by atoms with E-state index in [-0.39, 0.29) is 24.4 Å². The number of ether oxygens (including phenoxy) is 1. The molecule has 1 aliphatic heterocycles. The summed E-state index contributed by atoms with van der Waals surface area (Å²) in [7, 11) is 0. The van der Waals surface area contributed by atoms with Crippen molar-refractivity contribution >= 4 is 18.3 Å². The van der Waals surface area contributed by atoms with Gasteiger partial charge in [-0.25, -0.2) is 0 Å². The number of morpholine rings is 1. The van der Waals surface area contributed by atoms with Gasteiger partial charge in [-0.3, -0.25) is 4.79 Å². The molecule has 1 N–H and O–H groups in total. The molecule has 1 atom stereocenters. The average Bonchev–Trinajstić information content (AvgIpc) is 2.26. The van der Waals surface area contributed by atoms with Gasteiger partial charge in [-0.1, -0.05) is 6.92 Å². The molecular weight excluding hydrogens is 216 g/mol. The molecule has 0 unspecified atom stereocenters. The predicted molar refractivity (Wildman–Crippen MR) is 62.4 cm³/mol. The molecule has 0 spiro atoms. The zero-order chi connectivity index (χ0) is 10.4. The average molecular weight is 237 g/mol. The molecular formula is C10H21ClN2O2. The summed E-state index contributed by atoms with van der Waals surface area (Å²) in [6.07, 6.45) is 0.731. The maximum Gasteiger partial charge on any atom is 0.253 e. The number of nitrogens with zero attached hydrogens (tertiary/aromatic N) is 1. The third-order valence-corrected chi connectivity index (χ3v) is 2.39. The number of halogens is 1. The predicted octanol–water partition coefficient (Wildman–Crippen LogP) is 0.655. The minimum Gasteiger partial charge on any atom is -0.366 e. The SMILES string of the molecule is CCCN(CC)C(=O)[C@@H]1CNCCO1.Cl. The zero-order valence-electron chi connectivity index (χ0n) is 9.49. The van der Waals surface area contributed by atoms with Gasteiger partial charge >= 0.3 is 0 Å². The lowest BCUT2D eigenvalue weighted by molar-refractivity contribution is -0.145. The van der Waals surface area contributed by atoms with Crippen molar-refractivity contribution in [1.82, 2.24) is 10.2 Å². The summed E-state index contributed by atoms with van der Waals surface area (Å²) in [4.78, 5) is 13.7. The van der Waals surface area contributed by atoms with Crippen LogP contribution in [0.15, 0.2) is 0 Å². The Hall–Kier alpha value is -0.320. The topological polar surface area (TPSA) is 41.6 Å². The van der Waals surface area contributed by atoms with Crippen molar-refractivity contribution in [3.63, 3.8) is 0 Å². The fourth-order valence-electron chi connectivity index (χ4n) is 1.62. The highest BCUT2D eigenvalue weighted by molar-refractivity contribution is 5.85. The van der Waals surface area contributed by atoms with Gasteiger partial charge < -0.3 is 15.0 Å². The molecule has 1 heterocycles. The summed E-state index contributed by atoms with van der Waals surface area (Å²) in [5.41, 5.74) is 0. The summed E-state index contributed by atoms with van der Waals surface area (Å²) >= 11 is 0. The van der Waals surface area contributed by atoms with E-state index < -0.39 is 0 Å². The summed E-state index contributed by atoms with van der Waals surface area (Å²) < 4.78 is 5.42. The van der Waals surface area contributed by atoms with Crippen LogP contribution in [0.25, 0.3) is 0 Å². The van der Waals surface area contributed by atoms with Crippen LogP contribution in [0.3, 0.4) is 0 Å². The third kappa shape index (κ3) is 4.36. The van der Waals surface area contributed by atoms with Crippen LogP contribution in [-0.4, -0.2) is 49.7 Å². The van der Waals surface area contributed by atoms with Crippen molar-refractivity contribution in [3.05, 3.63) is 0 Å². The molecule has 0 aromatic heterocycles. The first-order valence-corrected chi connectivity index (χ1v) is 5.40. The van der Waals surface area contributed by atoms with Crippen molar-refractivity contribution in [2.45, 2.75) is 26.4 Å². The number of rotatable bonds is 4. The van der Waals surface area contributed by atoms with Gasteiger partial charge in [0, 0.05) is 26.2 Å². The second-order valence-electron chi connectivity index (χ2n) is 3.48. The van der Waals surface area contributed by atoms with Gasteiger partial charge in [0.1, 0.15) is 6.10 Å². The molecule has 1 fully saturated rings. The smallest absolute Gasteiger partial charge is 0.253 e. The minimum absolute atomic E-state index is 0. The summed E-state index contributed by atoms with van der Waals surface area (Å²) in [6, 6.07) is 0. The lowest BCUT2D eigenvalue weighted by atomic mass is 10.2. The Labute approximate surface area is 97.8 Å². The number of likely N-dealkylation sites (N-methyl/N-ethyl adjacent to an activating group) is 1. The van der Waals surface area contributed by atoms with Gasteiger partial charge in [0.25, 0.3) is 5.91 Å². The molecule has 0 radical (unpaired) electrons. The van der Waals surface area contributed by atoms with E-state index in [1.54, 1.807) is 0 Å². The largest absolute Gasteiger partial charge is 0.366 e. The van der Waals surface area contributed by atoms with Crippen LogP contribution < -0.4 is 5.32 Å². The standard InChI is InChI=1S/C10H20N2O2.ClH/c1-3-6-12(4-2)10(13)9-8-11-5-7-14-9;/h9,11H,3-8H2,1-2H3;1H/t9-;/m0./s1. The van der Waals surface area contributed by atoms with E-state index in [1.165, 1.54) is 0 Å². The molecule has 0 bridgehead atoms. The highest BCUT2D eigenvalue weighted by Gasteiger charge is 2.25. The Bertz CT molecular complexity index is 178. The molecule has 0 aromatic rings. The van der Waals surface area contributed by atoms with Crippen LogP contribution in [-0.2, 0) is 9.53 Å². The van der Waals surface area contributed by atoms with Crippen LogP contribution in [0.5, 0.6) is 0 Å². The highest BCUT2D eigenvalue weighted by atomic mass is 35.5. The van der Waals surface area contributed by atoms with Crippen molar-refractivity contribution in [2.24, 2.45) is 0 Å². The number of hydrogen-bond donors (Lipinski definition) is 1. The summed E-state index contributed by atoms with van der Waals surface area (Å²) in [6.45, 7) is 7.82. The van der Waals surface area contributed by atoms with Crippen molar-refractivity contribution < 1.29 is 9.53 Å². The minimum atomic E-state index is -0.268. The Morgan fingerprint density at radius 3 is 2.73 bits per heavy atom. The fourth-order valence-corrected chi connectivity index (χ4v) is 1.62. The van der Waals surface area contributed by atoms with E-state index in [4.69, 9.17) is 4.74 Å². The molecule has 1 saturated heterocycles. The van der Waals surface area contributed by atoms with Gasteiger partial charge in [-0.15, -0.1) is 12.4 Å². The van der Waals surface area contributed by atoms with Crippen LogP contribution >= 0.6 is 12.4 Å². The molecule has 0 saturated carbocycles. The molecule has 0 aromatic carbocycles. The Morgan fingerprint density at radius 2 is 2.27 bits per heavy atom. The molecule has 15 heavy (non-hydrogen) atoms. The summed E-state index contributed by atoms with van der Waals surface area (Å²) in [5, 5.41) is 3.16. The van der Waals surface area contributed by atoms with Gasteiger partial charge in [0.05, 0.1) is 6.61 Å². The molecule has 0 aliphatic carbocycles. The molecule has 5 heteroatoms. The van der Waals surface area contributed by atoms with E-state index in [0.29, 0.717) is 13.2 Å². The lowest BCUT2D eigenvalue weighted by Gasteiger charge is -2.28. The Morgan fingerprint density at radius 1 is 1.53 bits per heavy atom. The highest BCUT2D eigenvalue weighted by Crippen LogP contribution is 2.03. The molecule has 1 aliphatic rings. The van der Waals surface area contributed by atoms with Gasteiger partial charge in [-0.2, -0.15) is 0 Å². The third-order valence-electron chi connectivity index (χ3n) is 2.39. The molecule has 90 valence electrons. The zero-order valence-corrected chi connectivity index (χ0v) is 10.3. The Kier molecular flexibility index (Phi) is 7.74. The van der Waals surface area contributed by atoms with Crippen molar-refractivity contribution in [3.8, 4) is 0 Å². The normalized spacial score (nSPS) is 20.5. The van der Waals surface area contributed by atoms with E-state index in [2.05, 4.69) is 12.2 Å². The number of nitrogens with one attached hydrogen (secondary N) is 1. The van der Waals surface area contributed by atoms with E-state index in [1.807, 2.05) is 11.8 Å². The van der Waals surface area contributed by atoms with E-state index in [9.17, 15) is 4.79 Å². The second kappa shape index (κ2) is 7.91. The van der Waals surface area contributed by atoms with Crippen LogP contribution in [0, 0.1) is 0 Å². The van der Waals surface area contributed by atoms with Crippen molar-refractivity contribution in [2.75, 3.05) is 32.8 Å². The second-order valence-corrected chi connectivity index (χ2v) is 3.48. The number of carbonyl (C=O) groups excluding carboxylic acids is 1. The van der Waals surface area contributed by atoms with Crippen molar-refractivity contribution in [1.29, 1.82) is 0 Å². The van der Waals surface area contributed by atoms with Crippen LogP contribution in [0.4, 0.5) is 0 Å². The maximum absolute atomic E-state index is 11.9. The first kappa shape index (κ1) is 14.7.